The Morgan fingerprint density at radius 2 is 2.05 bits per heavy atom. The van der Waals surface area contributed by atoms with Gasteiger partial charge in [-0.2, -0.15) is 0 Å². The molecule has 21 heavy (non-hydrogen) atoms. The number of carbonyl (C=O) groups is 1. The first kappa shape index (κ1) is 17.5. The first-order valence-electron chi connectivity index (χ1n) is 7.84. The fraction of sp³-hybridized carbons (Fsp3) is 0.588. The standard InChI is InChI=1S/C17H28N2O2/c1-4-6-9-14(5-2)12-18-13-17(20)19-15-10-7-8-11-16(15)21-3/h7-8,10-11,14,18H,4-6,9,12-13H2,1-3H3,(H,19,20). The Morgan fingerprint density at radius 1 is 1.29 bits per heavy atom. The molecule has 1 unspecified atom stereocenters. The summed E-state index contributed by atoms with van der Waals surface area (Å²) in [6.07, 6.45) is 4.87. The average molecular weight is 292 g/mol. The second-order valence-corrected chi connectivity index (χ2v) is 5.30. The lowest BCUT2D eigenvalue weighted by Gasteiger charge is -2.15. The molecule has 0 fully saturated rings. The molecule has 0 saturated carbocycles. The van der Waals surface area contributed by atoms with Gasteiger partial charge < -0.3 is 15.4 Å². The van der Waals surface area contributed by atoms with Gasteiger partial charge in [-0.1, -0.05) is 45.2 Å². The molecular weight excluding hydrogens is 264 g/mol. The largest absolute Gasteiger partial charge is 0.495 e. The maximum atomic E-state index is 11.9. The van der Waals surface area contributed by atoms with Crippen molar-refractivity contribution in [3.63, 3.8) is 0 Å². The van der Waals surface area contributed by atoms with Gasteiger partial charge in [0.15, 0.2) is 0 Å². The number of nitrogens with one attached hydrogen (secondary N) is 2. The van der Waals surface area contributed by atoms with Crippen molar-refractivity contribution in [3.05, 3.63) is 24.3 Å². The summed E-state index contributed by atoms with van der Waals surface area (Å²) in [5, 5.41) is 6.12. The Hall–Kier alpha value is -1.55. The molecule has 118 valence electrons. The predicted molar refractivity (Wildman–Crippen MR) is 87.8 cm³/mol. The van der Waals surface area contributed by atoms with E-state index in [2.05, 4.69) is 24.5 Å². The molecule has 0 spiro atoms. The van der Waals surface area contributed by atoms with Gasteiger partial charge in [0.1, 0.15) is 5.75 Å². The molecule has 0 aromatic heterocycles. The van der Waals surface area contributed by atoms with Gasteiger partial charge in [0.2, 0.25) is 5.91 Å². The van der Waals surface area contributed by atoms with Gasteiger partial charge in [0.05, 0.1) is 19.3 Å². The number of hydrogen-bond acceptors (Lipinski definition) is 3. The van der Waals surface area contributed by atoms with Crippen molar-refractivity contribution >= 4 is 11.6 Å². The van der Waals surface area contributed by atoms with Crippen LogP contribution in [0.25, 0.3) is 0 Å². The molecule has 1 atom stereocenters. The van der Waals surface area contributed by atoms with Crippen molar-refractivity contribution in [2.45, 2.75) is 39.5 Å². The second-order valence-electron chi connectivity index (χ2n) is 5.30. The Morgan fingerprint density at radius 3 is 2.71 bits per heavy atom. The molecule has 1 amide bonds. The van der Waals surface area contributed by atoms with Crippen LogP contribution in [-0.4, -0.2) is 26.1 Å². The number of ether oxygens (including phenoxy) is 1. The van der Waals surface area contributed by atoms with Crippen LogP contribution in [0.4, 0.5) is 5.69 Å². The maximum absolute atomic E-state index is 11.9. The molecule has 4 heteroatoms. The number of amides is 1. The Bertz CT molecular complexity index is 421. The Balaban J connectivity index is 2.33. The molecule has 0 aliphatic carbocycles. The number of rotatable bonds is 10. The van der Waals surface area contributed by atoms with Crippen LogP contribution in [-0.2, 0) is 4.79 Å². The topological polar surface area (TPSA) is 50.4 Å². The highest BCUT2D eigenvalue weighted by Crippen LogP contribution is 2.22. The summed E-state index contributed by atoms with van der Waals surface area (Å²) >= 11 is 0. The number of unbranched alkanes of at least 4 members (excludes halogenated alkanes) is 1. The van der Waals surface area contributed by atoms with Gasteiger partial charge >= 0.3 is 0 Å². The van der Waals surface area contributed by atoms with Crippen LogP contribution >= 0.6 is 0 Å². The fourth-order valence-corrected chi connectivity index (χ4v) is 2.28. The molecule has 1 aromatic rings. The third-order valence-electron chi connectivity index (χ3n) is 3.64. The zero-order chi connectivity index (χ0) is 15.5. The molecule has 2 N–H and O–H groups in total. The molecule has 0 bridgehead atoms. The van der Waals surface area contributed by atoms with Gasteiger partial charge in [0.25, 0.3) is 0 Å². The molecule has 1 rings (SSSR count). The lowest BCUT2D eigenvalue weighted by molar-refractivity contribution is -0.115. The normalized spacial score (nSPS) is 12.0. The van der Waals surface area contributed by atoms with Gasteiger partial charge in [0, 0.05) is 0 Å². The SMILES string of the molecule is CCCCC(CC)CNCC(=O)Nc1ccccc1OC. The van der Waals surface area contributed by atoms with Gasteiger partial charge in [-0.05, 0) is 31.0 Å². The highest BCUT2D eigenvalue weighted by Gasteiger charge is 2.09. The van der Waals surface area contributed by atoms with E-state index in [-0.39, 0.29) is 5.91 Å². The number of anilines is 1. The van der Waals surface area contributed by atoms with Gasteiger partial charge in [-0.15, -0.1) is 0 Å². The zero-order valence-electron chi connectivity index (χ0n) is 13.4. The van der Waals surface area contributed by atoms with E-state index in [1.807, 2.05) is 24.3 Å². The number of para-hydroxylation sites is 2. The molecule has 0 aliphatic heterocycles. The zero-order valence-corrected chi connectivity index (χ0v) is 13.4. The monoisotopic (exact) mass is 292 g/mol. The molecule has 1 aromatic carbocycles. The minimum Gasteiger partial charge on any atom is -0.495 e. The summed E-state index contributed by atoms with van der Waals surface area (Å²) in [5.74, 6) is 1.30. The highest BCUT2D eigenvalue weighted by molar-refractivity contribution is 5.93. The number of carbonyl (C=O) groups excluding carboxylic acids is 1. The smallest absolute Gasteiger partial charge is 0.238 e. The van der Waals surface area contributed by atoms with Gasteiger partial charge in [-0.3, -0.25) is 4.79 Å². The predicted octanol–water partition coefficient (Wildman–Crippen LogP) is 3.44. The van der Waals surface area contributed by atoms with Crippen molar-refractivity contribution in [3.8, 4) is 5.75 Å². The molecule has 0 radical (unpaired) electrons. The third kappa shape index (κ3) is 6.63. The molecule has 4 nitrogen and oxygen atoms in total. The van der Waals surface area contributed by atoms with E-state index in [0.29, 0.717) is 23.9 Å². The van der Waals surface area contributed by atoms with Crippen molar-refractivity contribution in [1.29, 1.82) is 0 Å². The number of hydrogen-bond donors (Lipinski definition) is 2. The van der Waals surface area contributed by atoms with Crippen LogP contribution in [0.3, 0.4) is 0 Å². The summed E-state index contributed by atoms with van der Waals surface area (Å²) in [6, 6.07) is 7.43. The number of benzene rings is 1. The van der Waals surface area contributed by atoms with Crippen LogP contribution in [0.5, 0.6) is 5.75 Å². The van der Waals surface area contributed by atoms with Crippen molar-refractivity contribution in [2.75, 3.05) is 25.5 Å². The van der Waals surface area contributed by atoms with Gasteiger partial charge in [-0.25, -0.2) is 0 Å². The molecular formula is C17H28N2O2. The fourth-order valence-electron chi connectivity index (χ4n) is 2.28. The van der Waals surface area contributed by atoms with Crippen molar-refractivity contribution in [2.24, 2.45) is 5.92 Å². The second kappa shape index (κ2) is 10.2. The summed E-state index contributed by atoms with van der Waals surface area (Å²) < 4.78 is 5.22. The van der Waals surface area contributed by atoms with E-state index in [9.17, 15) is 4.79 Å². The third-order valence-corrected chi connectivity index (χ3v) is 3.64. The lowest BCUT2D eigenvalue weighted by Crippen LogP contribution is -2.31. The summed E-state index contributed by atoms with van der Waals surface area (Å²) in [6.45, 7) is 5.65. The summed E-state index contributed by atoms with van der Waals surface area (Å²) in [5.41, 5.74) is 0.713. The summed E-state index contributed by atoms with van der Waals surface area (Å²) in [4.78, 5) is 11.9. The van der Waals surface area contributed by atoms with E-state index in [4.69, 9.17) is 4.74 Å². The Kier molecular flexibility index (Phi) is 8.51. The van der Waals surface area contributed by atoms with E-state index in [1.54, 1.807) is 7.11 Å². The highest BCUT2D eigenvalue weighted by atomic mass is 16.5. The van der Waals surface area contributed by atoms with Crippen molar-refractivity contribution < 1.29 is 9.53 Å². The van der Waals surface area contributed by atoms with Crippen LogP contribution in [0, 0.1) is 5.92 Å². The number of methoxy groups -OCH3 is 1. The first-order valence-corrected chi connectivity index (χ1v) is 7.84. The minimum atomic E-state index is -0.0372. The van der Waals surface area contributed by atoms with Crippen LogP contribution in [0.2, 0.25) is 0 Å². The average Bonchev–Trinajstić information content (AvgIpc) is 2.51. The van der Waals surface area contributed by atoms with E-state index in [1.165, 1.54) is 19.3 Å². The molecule has 0 saturated heterocycles. The summed E-state index contributed by atoms with van der Waals surface area (Å²) in [7, 11) is 1.60. The van der Waals surface area contributed by atoms with Crippen LogP contribution in [0.15, 0.2) is 24.3 Å². The van der Waals surface area contributed by atoms with Crippen LogP contribution in [0.1, 0.15) is 39.5 Å². The van der Waals surface area contributed by atoms with Crippen molar-refractivity contribution in [1.82, 2.24) is 5.32 Å². The first-order chi connectivity index (χ1) is 10.2. The lowest BCUT2D eigenvalue weighted by atomic mass is 9.99. The maximum Gasteiger partial charge on any atom is 0.238 e. The van der Waals surface area contributed by atoms with E-state index >= 15 is 0 Å². The van der Waals surface area contributed by atoms with Crippen LogP contribution < -0.4 is 15.4 Å². The molecule has 0 aliphatic rings. The van der Waals surface area contributed by atoms with E-state index in [0.717, 1.165) is 13.0 Å². The Labute approximate surface area is 128 Å². The minimum absolute atomic E-state index is 0.0372. The quantitative estimate of drug-likeness (QED) is 0.694. The molecule has 0 heterocycles. The van der Waals surface area contributed by atoms with E-state index < -0.39 is 0 Å².